The highest BCUT2D eigenvalue weighted by Gasteiger charge is 2.12. The molecule has 0 aliphatic carbocycles. The molecule has 0 atom stereocenters. The normalized spacial score (nSPS) is 10.6. The van der Waals surface area contributed by atoms with Crippen LogP contribution in [0.15, 0.2) is 24.3 Å². The van der Waals surface area contributed by atoms with Crippen molar-refractivity contribution in [2.45, 2.75) is 33.1 Å². The van der Waals surface area contributed by atoms with Crippen LogP contribution in [0.5, 0.6) is 5.75 Å². The third kappa shape index (κ3) is 6.15. The van der Waals surface area contributed by atoms with Crippen LogP contribution in [0, 0.1) is 0 Å². The number of anilines is 1. The highest BCUT2D eigenvalue weighted by atomic mass is 32.1. The number of carbonyl (C=O) groups excluding carboxylic acids is 2. The summed E-state index contributed by atoms with van der Waals surface area (Å²) in [5.74, 6) is 0.356. The fraction of sp³-hybridized carbons (Fsp3) is 0.412. The fourth-order valence-corrected chi connectivity index (χ4v) is 2.71. The molecule has 1 aromatic carbocycles. The van der Waals surface area contributed by atoms with Gasteiger partial charge in [-0.05, 0) is 30.5 Å². The van der Waals surface area contributed by atoms with Gasteiger partial charge < -0.3 is 9.47 Å². The minimum atomic E-state index is -0.371. The quantitative estimate of drug-likeness (QED) is 0.725. The van der Waals surface area contributed by atoms with Gasteiger partial charge in [-0.15, -0.1) is 10.2 Å². The number of ether oxygens (including phenoxy) is 2. The van der Waals surface area contributed by atoms with Crippen molar-refractivity contribution in [1.29, 1.82) is 0 Å². The number of hydrogen-bond donors (Lipinski definition) is 1. The summed E-state index contributed by atoms with van der Waals surface area (Å²) in [6.07, 6.45) is 0.0417. The van der Waals surface area contributed by atoms with Crippen LogP contribution >= 0.6 is 11.3 Å². The SMILES string of the molecule is CCOC(=O)Cc1nnc(NC(=O)COc2ccc(C(C)C)cc2)s1. The Bertz CT molecular complexity index is 713. The van der Waals surface area contributed by atoms with Gasteiger partial charge in [0.2, 0.25) is 5.13 Å². The van der Waals surface area contributed by atoms with Crippen LogP contribution in [0.25, 0.3) is 0 Å². The van der Waals surface area contributed by atoms with E-state index < -0.39 is 0 Å². The van der Waals surface area contributed by atoms with E-state index in [-0.39, 0.29) is 24.9 Å². The molecule has 0 fully saturated rings. The Balaban J connectivity index is 1.80. The molecule has 0 radical (unpaired) electrons. The molecule has 25 heavy (non-hydrogen) atoms. The fourth-order valence-electron chi connectivity index (χ4n) is 1.96. The van der Waals surface area contributed by atoms with Gasteiger partial charge in [-0.3, -0.25) is 14.9 Å². The lowest BCUT2D eigenvalue weighted by Crippen LogP contribution is -2.20. The predicted octanol–water partition coefficient (Wildman–Crippen LogP) is 2.78. The van der Waals surface area contributed by atoms with Gasteiger partial charge in [0.05, 0.1) is 13.0 Å². The monoisotopic (exact) mass is 363 g/mol. The largest absolute Gasteiger partial charge is 0.484 e. The van der Waals surface area contributed by atoms with Crippen LogP contribution in [0.2, 0.25) is 0 Å². The molecule has 1 N–H and O–H groups in total. The van der Waals surface area contributed by atoms with Gasteiger partial charge in [-0.2, -0.15) is 0 Å². The van der Waals surface area contributed by atoms with Crippen molar-refractivity contribution < 1.29 is 19.1 Å². The lowest BCUT2D eigenvalue weighted by molar-refractivity contribution is -0.142. The molecule has 1 aromatic heterocycles. The highest BCUT2D eigenvalue weighted by molar-refractivity contribution is 7.15. The first-order valence-electron chi connectivity index (χ1n) is 7.98. The van der Waals surface area contributed by atoms with E-state index in [1.165, 1.54) is 5.56 Å². The van der Waals surface area contributed by atoms with Gasteiger partial charge in [0.1, 0.15) is 10.8 Å². The second kappa shape index (κ2) is 9.12. The smallest absolute Gasteiger partial charge is 0.312 e. The van der Waals surface area contributed by atoms with E-state index in [4.69, 9.17) is 9.47 Å². The third-order valence-corrected chi connectivity index (χ3v) is 4.07. The molecule has 0 aliphatic heterocycles. The summed E-state index contributed by atoms with van der Waals surface area (Å²) in [7, 11) is 0. The first-order chi connectivity index (χ1) is 12.0. The topological polar surface area (TPSA) is 90.4 Å². The number of nitrogens with zero attached hydrogens (tertiary/aromatic N) is 2. The molecule has 8 heteroatoms. The lowest BCUT2D eigenvalue weighted by Gasteiger charge is -2.08. The minimum absolute atomic E-state index is 0.0417. The summed E-state index contributed by atoms with van der Waals surface area (Å²) in [4.78, 5) is 23.3. The number of carbonyl (C=O) groups is 2. The molecular formula is C17H21N3O4S. The Morgan fingerprint density at radius 2 is 1.92 bits per heavy atom. The first kappa shape index (κ1) is 18.9. The van der Waals surface area contributed by atoms with Crippen LogP contribution in [-0.4, -0.2) is 35.3 Å². The van der Waals surface area contributed by atoms with E-state index in [0.717, 1.165) is 11.3 Å². The Kier molecular flexibility index (Phi) is 6.88. The van der Waals surface area contributed by atoms with E-state index >= 15 is 0 Å². The van der Waals surface area contributed by atoms with Gasteiger partial charge in [0.15, 0.2) is 6.61 Å². The molecular weight excluding hydrogens is 342 g/mol. The summed E-state index contributed by atoms with van der Waals surface area (Å²) in [5.41, 5.74) is 1.21. The second-order valence-corrected chi connectivity index (χ2v) is 6.61. The molecule has 2 rings (SSSR count). The zero-order chi connectivity index (χ0) is 18.2. The number of esters is 1. The van der Waals surface area contributed by atoms with Crippen molar-refractivity contribution in [2.24, 2.45) is 0 Å². The number of aromatic nitrogens is 2. The standard InChI is InChI=1S/C17H21N3O4S/c1-4-23-16(22)9-15-19-20-17(25-15)18-14(21)10-24-13-7-5-12(6-8-13)11(2)3/h5-8,11H,4,9-10H2,1-3H3,(H,18,20,21). The molecule has 0 bridgehead atoms. The first-order valence-corrected chi connectivity index (χ1v) is 8.80. The van der Waals surface area contributed by atoms with Crippen LogP contribution < -0.4 is 10.1 Å². The van der Waals surface area contributed by atoms with Crippen molar-refractivity contribution in [2.75, 3.05) is 18.5 Å². The van der Waals surface area contributed by atoms with E-state index in [0.29, 0.717) is 28.4 Å². The molecule has 1 amide bonds. The van der Waals surface area contributed by atoms with Crippen molar-refractivity contribution >= 4 is 28.3 Å². The Labute approximate surface area is 150 Å². The maximum atomic E-state index is 11.9. The summed E-state index contributed by atoms with van der Waals surface area (Å²) < 4.78 is 10.3. The second-order valence-electron chi connectivity index (χ2n) is 5.54. The summed E-state index contributed by atoms with van der Waals surface area (Å²) in [6.45, 7) is 6.15. The maximum Gasteiger partial charge on any atom is 0.312 e. The number of nitrogens with one attached hydrogen (secondary N) is 1. The zero-order valence-corrected chi connectivity index (χ0v) is 15.3. The van der Waals surface area contributed by atoms with Crippen LogP contribution in [0.4, 0.5) is 5.13 Å². The van der Waals surface area contributed by atoms with E-state index in [9.17, 15) is 9.59 Å². The van der Waals surface area contributed by atoms with Gasteiger partial charge in [-0.1, -0.05) is 37.3 Å². The number of benzene rings is 1. The van der Waals surface area contributed by atoms with Gasteiger partial charge in [0.25, 0.3) is 5.91 Å². The molecule has 0 spiro atoms. The molecule has 134 valence electrons. The van der Waals surface area contributed by atoms with Crippen LogP contribution in [-0.2, 0) is 20.7 Å². The van der Waals surface area contributed by atoms with Crippen molar-refractivity contribution in [3.05, 3.63) is 34.8 Å². The van der Waals surface area contributed by atoms with Crippen molar-refractivity contribution in [3.8, 4) is 5.75 Å². The average molecular weight is 363 g/mol. The molecule has 0 unspecified atom stereocenters. The number of rotatable bonds is 8. The zero-order valence-electron chi connectivity index (χ0n) is 14.4. The molecule has 0 saturated carbocycles. The van der Waals surface area contributed by atoms with E-state index in [1.807, 2.05) is 24.3 Å². The number of amides is 1. The van der Waals surface area contributed by atoms with Gasteiger partial charge in [0, 0.05) is 0 Å². The summed E-state index contributed by atoms with van der Waals surface area (Å²) in [6, 6.07) is 7.63. The summed E-state index contributed by atoms with van der Waals surface area (Å²) >= 11 is 1.13. The average Bonchev–Trinajstić information content (AvgIpc) is 3.00. The molecule has 1 heterocycles. The highest BCUT2D eigenvalue weighted by Crippen LogP contribution is 2.19. The van der Waals surface area contributed by atoms with Crippen LogP contribution in [0.1, 0.15) is 37.3 Å². The molecule has 0 saturated heterocycles. The third-order valence-electron chi connectivity index (χ3n) is 3.23. The van der Waals surface area contributed by atoms with Crippen molar-refractivity contribution in [3.63, 3.8) is 0 Å². The van der Waals surface area contributed by atoms with E-state index in [1.54, 1.807) is 6.92 Å². The molecule has 0 aliphatic rings. The Morgan fingerprint density at radius 3 is 2.56 bits per heavy atom. The minimum Gasteiger partial charge on any atom is -0.484 e. The van der Waals surface area contributed by atoms with Gasteiger partial charge in [-0.25, -0.2) is 0 Å². The Hall–Kier alpha value is -2.48. The van der Waals surface area contributed by atoms with Gasteiger partial charge >= 0.3 is 5.97 Å². The summed E-state index contributed by atoms with van der Waals surface area (Å²) in [5, 5.41) is 11.1. The lowest BCUT2D eigenvalue weighted by atomic mass is 10.0. The van der Waals surface area contributed by atoms with Crippen LogP contribution in [0.3, 0.4) is 0 Å². The predicted molar refractivity (Wildman–Crippen MR) is 94.9 cm³/mol. The van der Waals surface area contributed by atoms with E-state index in [2.05, 4.69) is 29.4 Å². The van der Waals surface area contributed by atoms with Crippen molar-refractivity contribution in [1.82, 2.24) is 10.2 Å². The Morgan fingerprint density at radius 1 is 1.20 bits per heavy atom. The molecule has 7 nitrogen and oxygen atoms in total. The number of hydrogen-bond acceptors (Lipinski definition) is 7. The molecule has 2 aromatic rings. The maximum absolute atomic E-state index is 11.9.